The van der Waals surface area contributed by atoms with Crippen LogP contribution in [0.1, 0.15) is 37.8 Å². The summed E-state index contributed by atoms with van der Waals surface area (Å²) in [6.45, 7) is 10.9. The number of aryl methyl sites for hydroxylation is 2. The summed E-state index contributed by atoms with van der Waals surface area (Å²) in [7, 11) is 0. The Bertz CT molecular complexity index is 835. The number of aliphatic hydroxyl groups is 3. The zero-order valence-corrected chi connectivity index (χ0v) is 19.5. The van der Waals surface area contributed by atoms with E-state index < -0.39 is 48.1 Å². The van der Waals surface area contributed by atoms with Gasteiger partial charge in [-0.25, -0.2) is 4.79 Å². The number of esters is 2. The predicted octanol–water partition coefficient (Wildman–Crippen LogP) is 1.57. The zero-order valence-electron chi connectivity index (χ0n) is 19.5. The van der Waals surface area contributed by atoms with Crippen molar-refractivity contribution in [3.8, 4) is 5.75 Å². The van der Waals surface area contributed by atoms with E-state index in [1.54, 1.807) is 13.8 Å². The number of benzene rings is 1. The molecule has 1 aliphatic rings. The quantitative estimate of drug-likeness (QED) is 0.267. The third-order valence-corrected chi connectivity index (χ3v) is 5.47. The van der Waals surface area contributed by atoms with Gasteiger partial charge in [-0.1, -0.05) is 24.8 Å². The Morgan fingerprint density at radius 1 is 1.15 bits per heavy atom. The third kappa shape index (κ3) is 7.01. The van der Waals surface area contributed by atoms with Gasteiger partial charge in [-0.05, 0) is 57.7 Å². The van der Waals surface area contributed by atoms with Crippen molar-refractivity contribution in [1.29, 1.82) is 0 Å². The molecule has 3 N–H and O–H groups in total. The molecule has 9 nitrogen and oxygen atoms in total. The topological polar surface area (TPSA) is 132 Å². The molecule has 0 aliphatic carbocycles. The molecule has 1 fully saturated rings. The number of carbonyl (C=O) groups is 2. The fourth-order valence-corrected chi connectivity index (χ4v) is 3.29. The Morgan fingerprint density at radius 3 is 2.52 bits per heavy atom. The number of hydrogen-bond acceptors (Lipinski definition) is 9. The molecule has 9 heteroatoms. The number of rotatable bonds is 10. The SMILES string of the molecule is C=CCOC(=O)[C@@H]1O[C@@H](OC(=O)C(C)(C)CCCOc2cc(C)ccc2C)[C@@H](O)[C@@H](O)[C@@H]1O. The Labute approximate surface area is 193 Å². The van der Waals surface area contributed by atoms with E-state index in [0.29, 0.717) is 19.4 Å². The summed E-state index contributed by atoms with van der Waals surface area (Å²) >= 11 is 0. The second-order valence-electron chi connectivity index (χ2n) is 8.83. The van der Waals surface area contributed by atoms with Crippen LogP contribution in [0.3, 0.4) is 0 Å². The molecule has 1 aliphatic heterocycles. The highest BCUT2D eigenvalue weighted by molar-refractivity contribution is 5.77. The molecule has 0 bridgehead atoms. The largest absolute Gasteiger partial charge is 0.493 e. The molecule has 0 unspecified atom stereocenters. The van der Waals surface area contributed by atoms with Crippen molar-refractivity contribution in [2.24, 2.45) is 5.41 Å². The first-order valence-corrected chi connectivity index (χ1v) is 10.9. The van der Waals surface area contributed by atoms with Crippen LogP contribution in [0.2, 0.25) is 0 Å². The van der Waals surface area contributed by atoms with Crippen molar-refractivity contribution in [1.82, 2.24) is 0 Å². The second kappa shape index (κ2) is 11.6. The van der Waals surface area contributed by atoms with Crippen LogP contribution in [0.25, 0.3) is 0 Å². The molecule has 1 aromatic rings. The van der Waals surface area contributed by atoms with E-state index in [-0.39, 0.29) is 6.61 Å². The summed E-state index contributed by atoms with van der Waals surface area (Å²) < 4.78 is 21.2. The van der Waals surface area contributed by atoms with Crippen molar-refractivity contribution < 1.29 is 43.9 Å². The first-order valence-electron chi connectivity index (χ1n) is 10.9. The molecule has 0 amide bonds. The minimum Gasteiger partial charge on any atom is -0.493 e. The van der Waals surface area contributed by atoms with Crippen LogP contribution < -0.4 is 4.74 Å². The van der Waals surface area contributed by atoms with Gasteiger partial charge in [0.2, 0.25) is 6.29 Å². The highest BCUT2D eigenvalue weighted by atomic mass is 16.7. The maximum Gasteiger partial charge on any atom is 0.338 e. The lowest BCUT2D eigenvalue weighted by atomic mass is 9.88. The molecule has 1 aromatic carbocycles. The van der Waals surface area contributed by atoms with E-state index in [1.165, 1.54) is 6.08 Å². The van der Waals surface area contributed by atoms with Gasteiger partial charge >= 0.3 is 11.9 Å². The Hall–Kier alpha value is -2.46. The van der Waals surface area contributed by atoms with Crippen LogP contribution >= 0.6 is 0 Å². The van der Waals surface area contributed by atoms with Crippen LogP contribution in [-0.4, -0.2) is 71.2 Å². The average Bonchev–Trinajstić information content (AvgIpc) is 2.77. The number of aliphatic hydroxyl groups excluding tert-OH is 3. The van der Waals surface area contributed by atoms with Gasteiger partial charge in [-0.2, -0.15) is 0 Å². The normalized spacial score (nSPS) is 25.2. The molecular weight excluding hydrogens is 432 g/mol. The monoisotopic (exact) mass is 466 g/mol. The van der Waals surface area contributed by atoms with E-state index in [0.717, 1.165) is 16.9 Å². The van der Waals surface area contributed by atoms with Gasteiger partial charge in [0.1, 0.15) is 30.7 Å². The standard InChI is InChI=1S/C24H34O9/c1-6-11-31-21(28)20-18(26)17(25)19(27)22(32-20)33-23(29)24(4,5)10-7-12-30-16-13-14(2)8-9-15(16)3/h6,8-9,13,17-20,22,25-27H,1,7,10-12H2,2-5H3/t17-,18-,19-,20+,22-/m0/s1. The molecule has 184 valence electrons. The average molecular weight is 467 g/mol. The summed E-state index contributed by atoms with van der Waals surface area (Å²) in [5, 5.41) is 30.3. The maximum absolute atomic E-state index is 12.8. The van der Waals surface area contributed by atoms with Gasteiger partial charge in [0.25, 0.3) is 0 Å². The van der Waals surface area contributed by atoms with Crippen molar-refractivity contribution in [3.05, 3.63) is 42.0 Å². The van der Waals surface area contributed by atoms with E-state index in [9.17, 15) is 24.9 Å². The molecule has 1 heterocycles. The molecular formula is C24H34O9. The first-order chi connectivity index (χ1) is 15.5. The molecule has 0 saturated carbocycles. The highest BCUT2D eigenvalue weighted by Gasteiger charge is 2.49. The van der Waals surface area contributed by atoms with E-state index in [4.69, 9.17) is 18.9 Å². The minimum atomic E-state index is -1.77. The van der Waals surface area contributed by atoms with Gasteiger partial charge in [0.15, 0.2) is 6.10 Å². The summed E-state index contributed by atoms with van der Waals surface area (Å²) in [6.07, 6.45) is -6.25. The zero-order chi connectivity index (χ0) is 24.8. The summed E-state index contributed by atoms with van der Waals surface area (Å²) in [6, 6.07) is 5.93. The van der Waals surface area contributed by atoms with Gasteiger partial charge < -0.3 is 34.3 Å². The van der Waals surface area contributed by atoms with Crippen molar-refractivity contribution in [3.63, 3.8) is 0 Å². The second-order valence-corrected chi connectivity index (χ2v) is 8.83. The van der Waals surface area contributed by atoms with Crippen LogP contribution in [-0.2, 0) is 23.8 Å². The lowest BCUT2D eigenvalue weighted by Gasteiger charge is -2.39. The predicted molar refractivity (Wildman–Crippen MR) is 118 cm³/mol. The van der Waals surface area contributed by atoms with Gasteiger partial charge in [0, 0.05) is 0 Å². The van der Waals surface area contributed by atoms with E-state index >= 15 is 0 Å². The molecule has 5 atom stereocenters. The lowest BCUT2D eigenvalue weighted by Crippen LogP contribution is -2.61. The fraction of sp³-hybridized carbons (Fsp3) is 0.583. The Balaban J connectivity index is 1.93. The first kappa shape index (κ1) is 26.8. The van der Waals surface area contributed by atoms with Crippen molar-refractivity contribution >= 4 is 11.9 Å². The van der Waals surface area contributed by atoms with Gasteiger partial charge in [-0.3, -0.25) is 4.79 Å². The van der Waals surface area contributed by atoms with E-state index in [2.05, 4.69) is 6.58 Å². The van der Waals surface area contributed by atoms with Crippen LogP contribution in [0.4, 0.5) is 0 Å². The highest BCUT2D eigenvalue weighted by Crippen LogP contribution is 2.29. The molecule has 0 radical (unpaired) electrons. The Morgan fingerprint density at radius 2 is 1.85 bits per heavy atom. The Kier molecular flexibility index (Phi) is 9.42. The summed E-state index contributed by atoms with van der Waals surface area (Å²) in [5.41, 5.74) is 1.14. The smallest absolute Gasteiger partial charge is 0.338 e. The van der Waals surface area contributed by atoms with E-state index in [1.807, 2.05) is 32.0 Å². The number of ether oxygens (including phenoxy) is 4. The summed E-state index contributed by atoms with van der Waals surface area (Å²) in [5.74, 6) is -0.881. The van der Waals surface area contributed by atoms with Crippen LogP contribution in [0.15, 0.2) is 30.9 Å². The lowest BCUT2D eigenvalue weighted by molar-refractivity contribution is -0.289. The number of carbonyl (C=O) groups excluding carboxylic acids is 2. The number of hydrogen-bond donors (Lipinski definition) is 3. The summed E-state index contributed by atoms with van der Waals surface area (Å²) in [4.78, 5) is 24.8. The van der Waals surface area contributed by atoms with Crippen molar-refractivity contribution in [2.75, 3.05) is 13.2 Å². The fourth-order valence-electron chi connectivity index (χ4n) is 3.29. The molecule has 0 spiro atoms. The van der Waals surface area contributed by atoms with Crippen LogP contribution in [0, 0.1) is 19.3 Å². The third-order valence-electron chi connectivity index (χ3n) is 5.47. The molecule has 0 aromatic heterocycles. The van der Waals surface area contributed by atoms with Crippen LogP contribution in [0.5, 0.6) is 5.75 Å². The molecule has 2 rings (SSSR count). The molecule has 33 heavy (non-hydrogen) atoms. The maximum atomic E-state index is 12.8. The van der Waals surface area contributed by atoms with Gasteiger partial charge in [-0.15, -0.1) is 0 Å². The molecule has 1 saturated heterocycles. The minimum absolute atomic E-state index is 0.133. The van der Waals surface area contributed by atoms with Crippen molar-refractivity contribution in [2.45, 2.75) is 71.2 Å². The van der Waals surface area contributed by atoms with Gasteiger partial charge in [0.05, 0.1) is 12.0 Å².